The van der Waals surface area contributed by atoms with Crippen LogP contribution in [0.5, 0.6) is 0 Å². The summed E-state index contributed by atoms with van der Waals surface area (Å²) in [6, 6.07) is 58.6. The van der Waals surface area contributed by atoms with E-state index < -0.39 is 0 Å². The minimum atomic E-state index is 0.619. The molecule has 0 bridgehead atoms. The van der Waals surface area contributed by atoms with Crippen LogP contribution >= 0.6 is 0 Å². The standard InChI is InChI=1S/C46H31N3O/c1-30-16-29-39(43-42(30)40-14-8-9-15-41(40)50-43)35-21-27-38(28-22-35)46-48-44(36-23-17-33(18-24-36)31-10-4-2-5-11-31)47-45(49-46)37-25-19-34(20-26-37)32-12-6-3-7-13-32/h2-29H,1H3. The van der Waals surface area contributed by atoms with Crippen LogP contribution in [0.4, 0.5) is 0 Å². The molecule has 50 heavy (non-hydrogen) atoms. The Labute approximate surface area is 290 Å². The van der Waals surface area contributed by atoms with Gasteiger partial charge in [-0.05, 0) is 46.4 Å². The number of rotatable bonds is 6. The van der Waals surface area contributed by atoms with Gasteiger partial charge in [-0.25, -0.2) is 15.0 Å². The first-order valence-corrected chi connectivity index (χ1v) is 16.8. The van der Waals surface area contributed by atoms with Crippen LogP contribution < -0.4 is 0 Å². The predicted octanol–water partition coefficient (Wildman–Crippen LogP) is 12.1. The Kier molecular flexibility index (Phi) is 7.33. The summed E-state index contributed by atoms with van der Waals surface area (Å²) in [5.74, 6) is 1.88. The molecule has 2 heterocycles. The zero-order chi connectivity index (χ0) is 33.4. The second kappa shape index (κ2) is 12.4. The molecule has 0 saturated heterocycles. The third-order valence-corrected chi connectivity index (χ3v) is 9.32. The van der Waals surface area contributed by atoms with E-state index in [9.17, 15) is 0 Å². The van der Waals surface area contributed by atoms with Gasteiger partial charge in [0.1, 0.15) is 11.2 Å². The van der Waals surface area contributed by atoms with Crippen molar-refractivity contribution in [3.05, 3.63) is 175 Å². The van der Waals surface area contributed by atoms with Crippen molar-refractivity contribution in [2.24, 2.45) is 0 Å². The van der Waals surface area contributed by atoms with Gasteiger partial charge in [-0.3, -0.25) is 0 Å². The van der Waals surface area contributed by atoms with E-state index in [0.717, 1.165) is 60.9 Å². The normalized spacial score (nSPS) is 11.3. The second-order valence-corrected chi connectivity index (χ2v) is 12.5. The van der Waals surface area contributed by atoms with Crippen molar-refractivity contribution in [3.8, 4) is 67.5 Å². The second-order valence-electron chi connectivity index (χ2n) is 12.5. The lowest BCUT2D eigenvalue weighted by Crippen LogP contribution is -2.00. The average Bonchev–Trinajstić information content (AvgIpc) is 3.59. The molecular weight excluding hydrogens is 611 g/mol. The zero-order valence-electron chi connectivity index (χ0n) is 27.4. The number of para-hydroxylation sites is 1. The average molecular weight is 642 g/mol. The topological polar surface area (TPSA) is 51.8 Å². The highest BCUT2D eigenvalue weighted by Gasteiger charge is 2.16. The Balaban J connectivity index is 1.12. The van der Waals surface area contributed by atoms with Crippen LogP contribution in [0.15, 0.2) is 174 Å². The number of benzene rings is 7. The summed E-state index contributed by atoms with van der Waals surface area (Å²) >= 11 is 0. The molecule has 0 N–H and O–H groups in total. The van der Waals surface area contributed by atoms with Crippen molar-refractivity contribution in [1.82, 2.24) is 15.0 Å². The minimum absolute atomic E-state index is 0.619. The van der Waals surface area contributed by atoms with E-state index in [1.54, 1.807) is 0 Å². The van der Waals surface area contributed by atoms with E-state index >= 15 is 0 Å². The Morgan fingerprint density at radius 3 is 1.26 bits per heavy atom. The minimum Gasteiger partial charge on any atom is -0.455 e. The van der Waals surface area contributed by atoms with Crippen LogP contribution in [0.3, 0.4) is 0 Å². The van der Waals surface area contributed by atoms with Gasteiger partial charge < -0.3 is 4.42 Å². The molecule has 0 fully saturated rings. The molecule has 236 valence electrons. The largest absolute Gasteiger partial charge is 0.455 e. The van der Waals surface area contributed by atoms with E-state index in [1.165, 1.54) is 16.7 Å². The fourth-order valence-electron chi connectivity index (χ4n) is 6.67. The van der Waals surface area contributed by atoms with Crippen LogP contribution in [0.25, 0.3) is 89.5 Å². The van der Waals surface area contributed by atoms with Crippen LogP contribution in [0.1, 0.15) is 5.56 Å². The monoisotopic (exact) mass is 641 g/mol. The van der Waals surface area contributed by atoms with Crippen LogP contribution in [0, 0.1) is 6.92 Å². The van der Waals surface area contributed by atoms with Gasteiger partial charge in [-0.15, -0.1) is 0 Å². The molecule has 4 heteroatoms. The molecule has 0 saturated carbocycles. The van der Waals surface area contributed by atoms with Crippen molar-refractivity contribution < 1.29 is 4.42 Å². The fraction of sp³-hybridized carbons (Fsp3) is 0.0217. The molecule has 0 aliphatic carbocycles. The Bertz CT molecular complexity index is 2510. The number of aromatic nitrogens is 3. The molecule has 4 nitrogen and oxygen atoms in total. The maximum Gasteiger partial charge on any atom is 0.164 e. The Morgan fingerprint density at radius 1 is 0.360 bits per heavy atom. The van der Waals surface area contributed by atoms with E-state index in [4.69, 9.17) is 19.4 Å². The zero-order valence-corrected chi connectivity index (χ0v) is 27.4. The molecule has 9 rings (SSSR count). The summed E-state index contributed by atoms with van der Waals surface area (Å²) in [7, 11) is 0. The lowest BCUT2D eigenvalue weighted by Gasteiger charge is -2.10. The number of hydrogen-bond donors (Lipinski definition) is 0. The number of fused-ring (bicyclic) bond motifs is 3. The number of nitrogens with zero attached hydrogens (tertiary/aromatic N) is 3. The fourth-order valence-corrected chi connectivity index (χ4v) is 6.67. The summed E-state index contributed by atoms with van der Waals surface area (Å²) < 4.78 is 6.40. The third-order valence-electron chi connectivity index (χ3n) is 9.32. The summed E-state index contributed by atoms with van der Waals surface area (Å²) in [4.78, 5) is 15.0. The quantitative estimate of drug-likeness (QED) is 0.181. The molecule has 2 aromatic heterocycles. The number of aryl methyl sites for hydroxylation is 1. The van der Waals surface area contributed by atoms with Crippen molar-refractivity contribution in [2.45, 2.75) is 6.92 Å². The van der Waals surface area contributed by atoms with E-state index in [2.05, 4.69) is 153 Å². The van der Waals surface area contributed by atoms with Gasteiger partial charge >= 0.3 is 0 Å². The predicted molar refractivity (Wildman–Crippen MR) is 204 cm³/mol. The van der Waals surface area contributed by atoms with Crippen molar-refractivity contribution in [1.29, 1.82) is 0 Å². The molecule has 0 atom stereocenters. The highest BCUT2D eigenvalue weighted by Crippen LogP contribution is 2.38. The van der Waals surface area contributed by atoms with Crippen LogP contribution in [0.2, 0.25) is 0 Å². The van der Waals surface area contributed by atoms with Gasteiger partial charge in [0.05, 0.1) is 0 Å². The summed E-state index contributed by atoms with van der Waals surface area (Å²) in [5.41, 5.74) is 12.5. The SMILES string of the molecule is Cc1ccc(-c2ccc(-c3nc(-c4ccc(-c5ccccc5)cc4)nc(-c4ccc(-c5ccccc5)cc4)n3)cc2)c2oc3ccccc3c12. The third kappa shape index (κ3) is 5.43. The van der Waals surface area contributed by atoms with Crippen molar-refractivity contribution in [3.63, 3.8) is 0 Å². The van der Waals surface area contributed by atoms with Crippen molar-refractivity contribution >= 4 is 21.9 Å². The molecule has 0 aliphatic rings. The Hall–Kier alpha value is -6.65. The van der Waals surface area contributed by atoms with E-state index in [0.29, 0.717) is 17.5 Å². The molecule has 9 aromatic rings. The number of furan rings is 1. The lowest BCUT2D eigenvalue weighted by atomic mass is 9.98. The maximum atomic E-state index is 6.40. The first kappa shape index (κ1) is 29.5. The van der Waals surface area contributed by atoms with Gasteiger partial charge in [0.15, 0.2) is 17.5 Å². The smallest absolute Gasteiger partial charge is 0.164 e. The highest BCUT2D eigenvalue weighted by molar-refractivity contribution is 6.11. The van der Waals surface area contributed by atoms with Gasteiger partial charge in [-0.1, -0.05) is 164 Å². The molecule has 0 aliphatic heterocycles. The molecular formula is C46H31N3O. The lowest BCUT2D eigenvalue weighted by molar-refractivity contribution is 0.670. The summed E-state index contributed by atoms with van der Waals surface area (Å²) in [6.07, 6.45) is 0. The van der Waals surface area contributed by atoms with Crippen LogP contribution in [-0.2, 0) is 0 Å². The molecule has 0 spiro atoms. The first-order chi connectivity index (χ1) is 24.7. The van der Waals surface area contributed by atoms with Gasteiger partial charge in [-0.2, -0.15) is 0 Å². The highest BCUT2D eigenvalue weighted by atomic mass is 16.3. The molecule has 0 radical (unpaired) electrons. The molecule has 7 aromatic carbocycles. The van der Waals surface area contributed by atoms with Gasteiger partial charge in [0.25, 0.3) is 0 Å². The summed E-state index contributed by atoms with van der Waals surface area (Å²) in [6.45, 7) is 2.14. The Morgan fingerprint density at radius 2 is 0.760 bits per heavy atom. The van der Waals surface area contributed by atoms with Gasteiger partial charge in [0.2, 0.25) is 0 Å². The van der Waals surface area contributed by atoms with E-state index in [1.807, 2.05) is 24.3 Å². The van der Waals surface area contributed by atoms with Gasteiger partial charge in [0, 0.05) is 33.0 Å². The molecule has 0 amide bonds. The summed E-state index contributed by atoms with van der Waals surface area (Å²) in [5, 5.41) is 2.29. The van der Waals surface area contributed by atoms with Crippen molar-refractivity contribution in [2.75, 3.05) is 0 Å². The van der Waals surface area contributed by atoms with Crippen LogP contribution in [-0.4, -0.2) is 15.0 Å². The van der Waals surface area contributed by atoms with E-state index in [-0.39, 0.29) is 0 Å². The number of hydrogen-bond acceptors (Lipinski definition) is 4. The molecule has 0 unspecified atom stereocenters. The first-order valence-electron chi connectivity index (χ1n) is 16.8. The maximum absolute atomic E-state index is 6.40.